The first kappa shape index (κ1) is 15.5. The number of hydrogen-bond donors (Lipinski definition) is 1. The third-order valence-corrected chi connectivity index (χ3v) is 3.76. The fourth-order valence-corrected chi connectivity index (χ4v) is 2.55. The van der Waals surface area contributed by atoms with Gasteiger partial charge in [0.25, 0.3) is 5.91 Å². The van der Waals surface area contributed by atoms with Crippen LogP contribution in [0.5, 0.6) is 0 Å². The minimum Gasteiger partial charge on any atom is -0.480 e. The molecular weight excluding hydrogens is 270 g/mol. The Morgan fingerprint density at radius 2 is 2.05 bits per heavy atom. The summed E-state index contributed by atoms with van der Waals surface area (Å²) in [5.74, 6) is -1.17. The van der Waals surface area contributed by atoms with Crippen molar-refractivity contribution in [3.8, 4) is 0 Å². The lowest BCUT2D eigenvalue weighted by Gasteiger charge is -2.34. The molecule has 1 aromatic rings. The van der Waals surface area contributed by atoms with E-state index >= 15 is 0 Å². The van der Waals surface area contributed by atoms with E-state index in [-0.39, 0.29) is 5.91 Å². The number of rotatable bonds is 5. The molecule has 1 heterocycles. The predicted molar refractivity (Wildman–Crippen MR) is 77.7 cm³/mol. The van der Waals surface area contributed by atoms with Crippen LogP contribution in [-0.2, 0) is 20.9 Å². The van der Waals surface area contributed by atoms with E-state index in [1.165, 1.54) is 4.90 Å². The molecule has 0 radical (unpaired) electrons. The molecule has 0 aromatic heterocycles. The maximum Gasteiger partial charge on any atom is 0.326 e. The van der Waals surface area contributed by atoms with E-state index in [0.717, 1.165) is 18.4 Å². The summed E-state index contributed by atoms with van der Waals surface area (Å²) in [6.07, 6.45) is 1.58. The zero-order valence-corrected chi connectivity index (χ0v) is 12.2. The molecule has 1 N–H and O–H groups in total. The lowest BCUT2D eigenvalue weighted by Crippen LogP contribution is -2.51. The van der Waals surface area contributed by atoms with Gasteiger partial charge in [-0.1, -0.05) is 30.3 Å². The van der Waals surface area contributed by atoms with Crippen LogP contribution in [0.4, 0.5) is 0 Å². The quantitative estimate of drug-likeness (QED) is 0.901. The lowest BCUT2D eigenvalue weighted by atomic mass is 10.0. The fourth-order valence-electron chi connectivity index (χ4n) is 2.55. The number of amides is 1. The second-order valence-electron chi connectivity index (χ2n) is 5.32. The number of carbonyl (C=O) groups is 2. The molecular formula is C16H21NO4. The van der Waals surface area contributed by atoms with Crippen LogP contribution in [-0.4, -0.2) is 40.6 Å². The number of hydrogen-bond acceptors (Lipinski definition) is 3. The molecule has 0 unspecified atom stereocenters. The highest BCUT2D eigenvalue weighted by molar-refractivity contribution is 5.86. The number of carboxylic acids is 1. The van der Waals surface area contributed by atoms with E-state index in [1.54, 1.807) is 6.92 Å². The second kappa shape index (κ2) is 7.22. The van der Waals surface area contributed by atoms with Crippen LogP contribution >= 0.6 is 0 Å². The smallest absolute Gasteiger partial charge is 0.326 e. The van der Waals surface area contributed by atoms with Gasteiger partial charge in [0.1, 0.15) is 12.1 Å². The first-order valence-corrected chi connectivity index (χ1v) is 7.28. The summed E-state index contributed by atoms with van der Waals surface area (Å²) in [5.41, 5.74) is 0.991. The molecule has 1 aromatic carbocycles. The number of aliphatic carboxylic acids is 1. The Hall–Kier alpha value is -1.88. The Kier molecular flexibility index (Phi) is 5.33. The number of benzene rings is 1. The molecule has 0 spiro atoms. The van der Waals surface area contributed by atoms with Crippen molar-refractivity contribution in [1.82, 2.24) is 4.90 Å². The molecule has 0 bridgehead atoms. The first-order chi connectivity index (χ1) is 10.1. The van der Waals surface area contributed by atoms with Gasteiger partial charge < -0.3 is 14.7 Å². The van der Waals surface area contributed by atoms with Crippen LogP contribution in [0.2, 0.25) is 0 Å². The van der Waals surface area contributed by atoms with Gasteiger partial charge >= 0.3 is 5.97 Å². The summed E-state index contributed by atoms with van der Waals surface area (Å²) < 4.78 is 5.59. The molecule has 5 heteroatoms. The van der Waals surface area contributed by atoms with Crippen molar-refractivity contribution < 1.29 is 19.4 Å². The molecule has 5 nitrogen and oxygen atoms in total. The predicted octanol–water partition coefficient (Wildman–Crippen LogP) is 2.06. The van der Waals surface area contributed by atoms with Gasteiger partial charge in [0.2, 0.25) is 0 Å². The Morgan fingerprint density at radius 1 is 1.33 bits per heavy atom. The highest BCUT2D eigenvalue weighted by Gasteiger charge is 2.34. The zero-order chi connectivity index (χ0) is 15.2. The van der Waals surface area contributed by atoms with Gasteiger partial charge in [-0.3, -0.25) is 4.79 Å². The maximum absolute atomic E-state index is 12.4. The number of carbonyl (C=O) groups excluding carboxylic acids is 1. The molecule has 2 rings (SSSR count). The van der Waals surface area contributed by atoms with Crippen LogP contribution in [0.1, 0.15) is 31.7 Å². The molecule has 1 saturated heterocycles. The third kappa shape index (κ3) is 4.04. The van der Waals surface area contributed by atoms with Gasteiger partial charge in [-0.15, -0.1) is 0 Å². The van der Waals surface area contributed by atoms with E-state index < -0.39 is 18.1 Å². The Balaban J connectivity index is 1.93. The summed E-state index contributed by atoms with van der Waals surface area (Å²) in [5, 5.41) is 9.21. The van der Waals surface area contributed by atoms with Crippen molar-refractivity contribution in [2.24, 2.45) is 0 Å². The minimum absolute atomic E-state index is 0.238. The number of likely N-dealkylation sites (tertiary alicyclic amines) is 1. The average molecular weight is 291 g/mol. The molecule has 0 saturated carbocycles. The molecule has 2 atom stereocenters. The normalized spacial score (nSPS) is 20.0. The summed E-state index contributed by atoms with van der Waals surface area (Å²) in [4.78, 5) is 25.1. The van der Waals surface area contributed by atoms with Crippen LogP contribution in [0.15, 0.2) is 30.3 Å². The number of nitrogens with zero attached hydrogens (tertiary/aromatic N) is 1. The highest BCUT2D eigenvalue weighted by atomic mass is 16.5. The molecule has 1 aliphatic rings. The second-order valence-corrected chi connectivity index (χ2v) is 5.32. The summed E-state index contributed by atoms with van der Waals surface area (Å²) in [6.45, 7) is 2.52. The van der Waals surface area contributed by atoms with Gasteiger partial charge in [-0.2, -0.15) is 0 Å². The molecule has 114 valence electrons. The summed E-state index contributed by atoms with van der Waals surface area (Å²) in [6, 6.07) is 8.89. The third-order valence-electron chi connectivity index (χ3n) is 3.76. The minimum atomic E-state index is -0.932. The van der Waals surface area contributed by atoms with Crippen LogP contribution in [0.25, 0.3) is 0 Å². The Morgan fingerprint density at radius 3 is 2.71 bits per heavy atom. The maximum atomic E-state index is 12.4. The van der Waals surface area contributed by atoms with Crippen LogP contribution in [0.3, 0.4) is 0 Å². The van der Waals surface area contributed by atoms with E-state index in [9.17, 15) is 14.7 Å². The standard InChI is InChI=1S/C16H21NO4/c1-12(21-11-13-7-3-2-4-8-13)15(18)17-10-6-5-9-14(17)16(19)20/h2-4,7-8,12,14H,5-6,9-11H2,1H3,(H,19,20)/t12-,14-/m0/s1. The van der Waals surface area contributed by atoms with E-state index in [1.807, 2.05) is 30.3 Å². The Labute approximate surface area is 124 Å². The van der Waals surface area contributed by atoms with E-state index in [2.05, 4.69) is 0 Å². The SMILES string of the molecule is C[C@H](OCc1ccccc1)C(=O)N1CCCC[C@H]1C(=O)O. The van der Waals surface area contributed by atoms with Gasteiger partial charge in [0, 0.05) is 6.54 Å². The van der Waals surface area contributed by atoms with Gasteiger partial charge in [0.05, 0.1) is 6.61 Å². The van der Waals surface area contributed by atoms with Crippen molar-refractivity contribution in [1.29, 1.82) is 0 Å². The van der Waals surface area contributed by atoms with Crippen molar-refractivity contribution in [3.05, 3.63) is 35.9 Å². The first-order valence-electron chi connectivity index (χ1n) is 7.28. The van der Waals surface area contributed by atoms with Crippen LogP contribution < -0.4 is 0 Å². The van der Waals surface area contributed by atoms with Crippen molar-refractivity contribution in [3.63, 3.8) is 0 Å². The van der Waals surface area contributed by atoms with E-state index in [0.29, 0.717) is 19.6 Å². The average Bonchev–Trinajstić information content (AvgIpc) is 2.52. The van der Waals surface area contributed by atoms with Gasteiger partial charge in [-0.25, -0.2) is 4.79 Å². The lowest BCUT2D eigenvalue weighted by molar-refractivity contribution is -0.157. The number of carboxylic acid groups (broad SMARTS) is 1. The van der Waals surface area contributed by atoms with Gasteiger partial charge in [-0.05, 0) is 31.7 Å². The molecule has 1 aliphatic heterocycles. The topological polar surface area (TPSA) is 66.8 Å². The largest absolute Gasteiger partial charge is 0.480 e. The molecule has 21 heavy (non-hydrogen) atoms. The Bertz CT molecular complexity index is 488. The molecule has 0 aliphatic carbocycles. The van der Waals surface area contributed by atoms with Crippen LogP contribution in [0, 0.1) is 0 Å². The number of piperidine rings is 1. The summed E-state index contributed by atoms with van der Waals surface area (Å²) in [7, 11) is 0. The van der Waals surface area contributed by atoms with Crippen molar-refractivity contribution in [2.75, 3.05) is 6.54 Å². The highest BCUT2D eigenvalue weighted by Crippen LogP contribution is 2.19. The number of ether oxygens (including phenoxy) is 1. The van der Waals surface area contributed by atoms with E-state index in [4.69, 9.17) is 4.74 Å². The fraction of sp³-hybridized carbons (Fsp3) is 0.500. The monoisotopic (exact) mass is 291 g/mol. The summed E-state index contributed by atoms with van der Waals surface area (Å²) >= 11 is 0. The van der Waals surface area contributed by atoms with Crippen molar-refractivity contribution in [2.45, 2.75) is 44.9 Å². The molecule has 1 amide bonds. The van der Waals surface area contributed by atoms with Gasteiger partial charge in [0.15, 0.2) is 0 Å². The van der Waals surface area contributed by atoms with Crippen molar-refractivity contribution >= 4 is 11.9 Å². The zero-order valence-electron chi connectivity index (χ0n) is 12.2. The molecule has 1 fully saturated rings.